The van der Waals surface area contributed by atoms with Gasteiger partial charge in [-0.05, 0) is 20.4 Å². The molecule has 1 atom stereocenters. The Bertz CT molecular complexity index is 112. The van der Waals surface area contributed by atoms with Gasteiger partial charge in [0.1, 0.15) is 0 Å². The highest BCUT2D eigenvalue weighted by Crippen LogP contribution is 2.08. The van der Waals surface area contributed by atoms with Crippen LogP contribution in [0.15, 0.2) is 0 Å². The zero-order valence-electron chi connectivity index (χ0n) is 6.49. The quantitative estimate of drug-likeness (QED) is 0.562. The van der Waals surface area contributed by atoms with Crippen LogP contribution >= 0.6 is 0 Å². The number of nitrogens with one attached hydrogen (secondary N) is 1. The zero-order chi connectivity index (χ0) is 7.33. The molecule has 0 aromatic heterocycles. The van der Waals surface area contributed by atoms with E-state index in [1.165, 1.54) is 0 Å². The SMILES string of the molecule is C#CC(C)(CCC)NC. The first kappa shape index (κ1) is 8.52. The van der Waals surface area contributed by atoms with E-state index < -0.39 is 0 Å². The molecule has 0 aliphatic carbocycles. The van der Waals surface area contributed by atoms with Crippen LogP contribution in [0.3, 0.4) is 0 Å². The molecule has 9 heavy (non-hydrogen) atoms. The van der Waals surface area contributed by atoms with Crippen LogP contribution in [-0.4, -0.2) is 12.6 Å². The Labute approximate surface area is 57.8 Å². The van der Waals surface area contributed by atoms with Gasteiger partial charge in [-0.25, -0.2) is 0 Å². The van der Waals surface area contributed by atoms with Crippen LogP contribution in [-0.2, 0) is 0 Å². The first-order chi connectivity index (χ1) is 4.18. The summed E-state index contributed by atoms with van der Waals surface area (Å²) in [7, 11) is 1.90. The molecule has 0 saturated heterocycles. The molecule has 0 saturated carbocycles. The predicted molar refractivity (Wildman–Crippen MR) is 41.2 cm³/mol. The summed E-state index contributed by atoms with van der Waals surface area (Å²) in [6.07, 6.45) is 7.46. The van der Waals surface area contributed by atoms with Crippen LogP contribution in [0.5, 0.6) is 0 Å². The second-order valence-electron chi connectivity index (χ2n) is 2.48. The summed E-state index contributed by atoms with van der Waals surface area (Å²) in [6.45, 7) is 4.17. The molecule has 0 aromatic rings. The van der Waals surface area contributed by atoms with Crippen LogP contribution in [0.25, 0.3) is 0 Å². The Morgan fingerprint density at radius 2 is 2.22 bits per heavy atom. The molecular weight excluding hydrogens is 110 g/mol. The first-order valence-corrected chi connectivity index (χ1v) is 3.35. The monoisotopic (exact) mass is 125 g/mol. The summed E-state index contributed by atoms with van der Waals surface area (Å²) in [5.41, 5.74) is -0.0885. The molecule has 0 radical (unpaired) electrons. The van der Waals surface area contributed by atoms with Crippen molar-refractivity contribution in [3.05, 3.63) is 0 Å². The molecule has 0 rings (SSSR count). The van der Waals surface area contributed by atoms with Crippen LogP contribution in [0, 0.1) is 12.3 Å². The molecule has 1 unspecified atom stereocenters. The Balaban J connectivity index is 3.81. The van der Waals surface area contributed by atoms with E-state index in [1.807, 2.05) is 14.0 Å². The second-order valence-corrected chi connectivity index (χ2v) is 2.48. The lowest BCUT2D eigenvalue weighted by Gasteiger charge is -2.21. The lowest BCUT2D eigenvalue weighted by molar-refractivity contribution is 0.455. The minimum Gasteiger partial charge on any atom is -0.304 e. The van der Waals surface area contributed by atoms with Gasteiger partial charge >= 0.3 is 0 Å². The van der Waals surface area contributed by atoms with E-state index in [4.69, 9.17) is 6.42 Å². The molecule has 0 fully saturated rings. The summed E-state index contributed by atoms with van der Waals surface area (Å²) in [6, 6.07) is 0. The number of hydrogen-bond donors (Lipinski definition) is 1. The Kier molecular flexibility index (Phi) is 3.34. The van der Waals surface area contributed by atoms with Gasteiger partial charge in [0.2, 0.25) is 0 Å². The summed E-state index contributed by atoms with van der Waals surface area (Å²) >= 11 is 0. The normalized spacial score (nSPS) is 16.2. The van der Waals surface area contributed by atoms with Gasteiger partial charge in [0.25, 0.3) is 0 Å². The molecule has 0 aliphatic rings. The van der Waals surface area contributed by atoms with Gasteiger partial charge in [-0.15, -0.1) is 6.42 Å². The average molecular weight is 125 g/mol. The summed E-state index contributed by atoms with van der Waals surface area (Å²) in [4.78, 5) is 0. The number of rotatable bonds is 3. The van der Waals surface area contributed by atoms with E-state index in [0.717, 1.165) is 12.8 Å². The number of terminal acetylenes is 1. The highest BCUT2D eigenvalue weighted by Gasteiger charge is 2.15. The molecule has 1 nitrogen and oxygen atoms in total. The van der Waals surface area contributed by atoms with Gasteiger partial charge in [0, 0.05) is 0 Å². The summed E-state index contributed by atoms with van der Waals surface area (Å²) in [5, 5.41) is 3.09. The fraction of sp³-hybridized carbons (Fsp3) is 0.750. The van der Waals surface area contributed by atoms with E-state index in [1.54, 1.807) is 0 Å². The maximum Gasteiger partial charge on any atom is 0.0767 e. The number of hydrogen-bond acceptors (Lipinski definition) is 1. The third-order valence-electron chi connectivity index (χ3n) is 1.62. The molecule has 0 aliphatic heterocycles. The largest absolute Gasteiger partial charge is 0.304 e. The van der Waals surface area contributed by atoms with Crippen LogP contribution in [0.2, 0.25) is 0 Å². The summed E-state index contributed by atoms with van der Waals surface area (Å²) < 4.78 is 0. The zero-order valence-corrected chi connectivity index (χ0v) is 6.49. The minimum atomic E-state index is -0.0885. The van der Waals surface area contributed by atoms with Gasteiger partial charge in [0.05, 0.1) is 5.54 Å². The smallest absolute Gasteiger partial charge is 0.0767 e. The van der Waals surface area contributed by atoms with E-state index in [-0.39, 0.29) is 5.54 Å². The van der Waals surface area contributed by atoms with Crippen molar-refractivity contribution in [2.75, 3.05) is 7.05 Å². The van der Waals surface area contributed by atoms with Gasteiger partial charge in [-0.1, -0.05) is 19.3 Å². The van der Waals surface area contributed by atoms with Crippen LogP contribution < -0.4 is 5.32 Å². The Morgan fingerprint density at radius 1 is 1.67 bits per heavy atom. The predicted octanol–water partition coefficient (Wildman–Crippen LogP) is 1.40. The van der Waals surface area contributed by atoms with Crippen molar-refractivity contribution in [2.45, 2.75) is 32.2 Å². The van der Waals surface area contributed by atoms with Crippen molar-refractivity contribution in [2.24, 2.45) is 0 Å². The van der Waals surface area contributed by atoms with E-state index >= 15 is 0 Å². The lowest BCUT2D eigenvalue weighted by atomic mass is 9.98. The second kappa shape index (κ2) is 3.53. The standard InChI is InChI=1S/C8H15N/c1-5-7-8(3,6-2)9-4/h2,9H,5,7H2,1,3-4H3. The third-order valence-corrected chi connectivity index (χ3v) is 1.62. The van der Waals surface area contributed by atoms with Crippen molar-refractivity contribution in [1.82, 2.24) is 5.32 Å². The van der Waals surface area contributed by atoms with Crippen LogP contribution in [0.1, 0.15) is 26.7 Å². The molecule has 0 bridgehead atoms. The molecule has 1 heteroatoms. The minimum absolute atomic E-state index is 0.0885. The van der Waals surface area contributed by atoms with Crippen molar-refractivity contribution >= 4 is 0 Å². The molecule has 0 amide bonds. The molecule has 52 valence electrons. The third kappa shape index (κ3) is 2.53. The topological polar surface area (TPSA) is 12.0 Å². The van der Waals surface area contributed by atoms with Gasteiger partial charge in [-0.2, -0.15) is 0 Å². The van der Waals surface area contributed by atoms with Crippen LogP contribution in [0.4, 0.5) is 0 Å². The van der Waals surface area contributed by atoms with Crippen molar-refractivity contribution in [1.29, 1.82) is 0 Å². The first-order valence-electron chi connectivity index (χ1n) is 3.35. The van der Waals surface area contributed by atoms with E-state index in [9.17, 15) is 0 Å². The lowest BCUT2D eigenvalue weighted by Crippen LogP contribution is -2.37. The van der Waals surface area contributed by atoms with Crippen molar-refractivity contribution in [3.63, 3.8) is 0 Å². The Hall–Kier alpha value is -0.480. The highest BCUT2D eigenvalue weighted by atomic mass is 14.9. The molecular formula is C8H15N. The molecule has 0 heterocycles. The Morgan fingerprint density at radius 3 is 2.33 bits per heavy atom. The van der Waals surface area contributed by atoms with E-state index in [0.29, 0.717) is 0 Å². The molecule has 1 N–H and O–H groups in total. The molecule has 0 aromatic carbocycles. The van der Waals surface area contributed by atoms with Crippen molar-refractivity contribution < 1.29 is 0 Å². The fourth-order valence-electron chi connectivity index (χ4n) is 0.769. The van der Waals surface area contributed by atoms with E-state index in [2.05, 4.69) is 18.2 Å². The fourth-order valence-corrected chi connectivity index (χ4v) is 0.769. The van der Waals surface area contributed by atoms with Gasteiger partial charge < -0.3 is 5.32 Å². The maximum atomic E-state index is 5.29. The summed E-state index contributed by atoms with van der Waals surface area (Å²) in [5.74, 6) is 2.72. The highest BCUT2D eigenvalue weighted by molar-refractivity contribution is 5.09. The molecule has 0 spiro atoms. The van der Waals surface area contributed by atoms with Gasteiger partial charge in [-0.3, -0.25) is 0 Å². The maximum absolute atomic E-state index is 5.29. The van der Waals surface area contributed by atoms with Gasteiger partial charge in [0.15, 0.2) is 0 Å². The van der Waals surface area contributed by atoms with Crippen molar-refractivity contribution in [3.8, 4) is 12.3 Å². The average Bonchev–Trinajstić information content (AvgIpc) is 1.89.